The van der Waals surface area contributed by atoms with Gasteiger partial charge in [0.2, 0.25) is 5.91 Å². The molecule has 108 valence electrons. The van der Waals surface area contributed by atoms with E-state index in [1.54, 1.807) is 7.11 Å². The second-order valence-electron chi connectivity index (χ2n) is 4.70. The molecule has 1 aromatic rings. The smallest absolute Gasteiger partial charge is 0.410 e. The van der Waals surface area contributed by atoms with Crippen molar-refractivity contribution in [3.05, 3.63) is 35.9 Å². The van der Waals surface area contributed by atoms with Crippen LogP contribution in [0.2, 0.25) is 0 Å². The molecule has 0 radical (unpaired) electrons. The molecule has 0 bridgehead atoms. The lowest BCUT2D eigenvalue weighted by molar-refractivity contribution is -0.122. The molecule has 1 aliphatic rings. The van der Waals surface area contributed by atoms with Gasteiger partial charge in [-0.2, -0.15) is 0 Å². The van der Waals surface area contributed by atoms with Gasteiger partial charge in [0.15, 0.2) is 0 Å². The van der Waals surface area contributed by atoms with E-state index >= 15 is 0 Å². The first-order chi connectivity index (χ1) is 9.61. The van der Waals surface area contributed by atoms with Gasteiger partial charge in [0, 0.05) is 13.5 Å². The van der Waals surface area contributed by atoms with Gasteiger partial charge >= 0.3 is 6.09 Å². The Labute approximate surface area is 117 Å². The molecule has 0 spiro atoms. The molecule has 2 unspecified atom stereocenters. The molecule has 2 amide bonds. The van der Waals surface area contributed by atoms with E-state index in [0.29, 0.717) is 13.0 Å². The summed E-state index contributed by atoms with van der Waals surface area (Å²) in [6.07, 6.45) is -0.319. The second kappa shape index (κ2) is 6.38. The summed E-state index contributed by atoms with van der Waals surface area (Å²) in [4.78, 5) is 24.7. The zero-order valence-corrected chi connectivity index (χ0v) is 11.3. The molecule has 1 aromatic carbocycles. The SMILES string of the molecule is COC1CC(C(N)=O)N(C(=O)OCc2ccccc2)C1. The average Bonchev–Trinajstić information content (AvgIpc) is 2.90. The van der Waals surface area contributed by atoms with Crippen molar-refractivity contribution in [3.63, 3.8) is 0 Å². The highest BCUT2D eigenvalue weighted by Crippen LogP contribution is 2.21. The first-order valence-corrected chi connectivity index (χ1v) is 6.41. The number of amides is 2. The molecular formula is C14H18N2O4. The lowest BCUT2D eigenvalue weighted by atomic mass is 10.2. The number of carbonyl (C=O) groups excluding carboxylic acids is 2. The molecule has 2 atom stereocenters. The number of methoxy groups -OCH3 is 1. The third-order valence-corrected chi connectivity index (χ3v) is 3.36. The van der Waals surface area contributed by atoms with Crippen LogP contribution in [-0.4, -0.2) is 42.7 Å². The Balaban J connectivity index is 1.95. The highest BCUT2D eigenvalue weighted by atomic mass is 16.6. The van der Waals surface area contributed by atoms with E-state index in [-0.39, 0.29) is 12.7 Å². The maximum atomic E-state index is 12.0. The summed E-state index contributed by atoms with van der Waals surface area (Å²) in [6, 6.07) is 8.68. The predicted octanol–water partition coefficient (Wildman–Crippen LogP) is 0.898. The molecule has 6 nitrogen and oxygen atoms in total. The Morgan fingerprint density at radius 2 is 2.05 bits per heavy atom. The summed E-state index contributed by atoms with van der Waals surface area (Å²) in [6.45, 7) is 0.483. The monoisotopic (exact) mass is 278 g/mol. The maximum Gasteiger partial charge on any atom is 0.410 e. The van der Waals surface area contributed by atoms with E-state index in [1.165, 1.54) is 4.90 Å². The summed E-state index contributed by atoms with van der Waals surface area (Å²) in [5, 5.41) is 0. The van der Waals surface area contributed by atoms with E-state index < -0.39 is 18.0 Å². The van der Waals surface area contributed by atoms with Crippen molar-refractivity contribution in [2.75, 3.05) is 13.7 Å². The van der Waals surface area contributed by atoms with Gasteiger partial charge in [0.05, 0.1) is 12.6 Å². The third kappa shape index (κ3) is 3.27. The Morgan fingerprint density at radius 1 is 1.35 bits per heavy atom. The molecule has 20 heavy (non-hydrogen) atoms. The highest BCUT2D eigenvalue weighted by Gasteiger charge is 2.39. The van der Waals surface area contributed by atoms with E-state index in [9.17, 15) is 9.59 Å². The van der Waals surface area contributed by atoms with Gasteiger partial charge in [-0.15, -0.1) is 0 Å². The van der Waals surface area contributed by atoms with Gasteiger partial charge in [-0.1, -0.05) is 30.3 Å². The summed E-state index contributed by atoms with van der Waals surface area (Å²) in [5.74, 6) is -0.541. The van der Waals surface area contributed by atoms with E-state index in [2.05, 4.69) is 0 Å². The molecule has 0 aliphatic carbocycles. The van der Waals surface area contributed by atoms with E-state index in [4.69, 9.17) is 15.2 Å². The fourth-order valence-electron chi connectivity index (χ4n) is 2.24. The number of carbonyl (C=O) groups is 2. The maximum absolute atomic E-state index is 12.0. The Kier molecular flexibility index (Phi) is 4.57. The minimum atomic E-state index is -0.664. The Hall–Kier alpha value is -2.08. The first-order valence-electron chi connectivity index (χ1n) is 6.41. The normalized spacial score (nSPS) is 21.8. The Morgan fingerprint density at radius 3 is 2.65 bits per heavy atom. The lowest BCUT2D eigenvalue weighted by Crippen LogP contribution is -2.43. The van der Waals surface area contributed by atoms with Gasteiger partial charge in [-0.25, -0.2) is 4.79 Å². The number of nitrogens with two attached hydrogens (primary N) is 1. The molecule has 1 aliphatic heterocycles. The van der Waals surface area contributed by atoms with Crippen LogP contribution < -0.4 is 5.73 Å². The van der Waals surface area contributed by atoms with Crippen molar-refractivity contribution in [2.45, 2.75) is 25.2 Å². The van der Waals surface area contributed by atoms with Crippen LogP contribution in [0.15, 0.2) is 30.3 Å². The average molecular weight is 278 g/mol. The van der Waals surface area contributed by atoms with Gasteiger partial charge in [0.25, 0.3) is 0 Å². The molecular weight excluding hydrogens is 260 g/mol. The number of hydrogen-bond acceptors (Lipinski definition) is 4. The number of benzene rings is 1. The van der Waals surface area contributed by atoms with Crippen LogP contribution in [0.3, 0.4) is 0 Å². The molecule has 2 rings (SSSR count). The fourth-order valence-corrected chi connectivity index (χ4v) is 2.24. The second-order valence-corrected chi connectivity index (χ2v) is 4.70. The van der Waals surface area contributed by atoms with Gasteiger partial charge in [0.1, 0.15) is 12.6 Å². The summed E-state index contributed by atoms with van der Waals surface area (Å²) < 4.78 is 10.4. The number of rotatable bonds is 4. The minimum Gasteiger partial charge on any atom is -0.445 e. The quantitative estimate of drug-likeness (QED) is 0.887. The Bertz CT molecular complexity index is 477. The molecule has 1 saturated heterocycles. The van der Waals surface area contributed by atoms with Crippen LogP contribution in [0.1, 0.15) is 12.0 Å². The van der Waals surface area contributed by atoms with Crippen LogP contribution in [0.4, 0.5) is 4.79 Å². The van der Waals surface area contributed by atoms with Crippen LogP contribution in [0.25, 0.3) is 0 Å². The molecule has 1 fully saturated rings. The van der Waals surface area contributed by atoms with Gasteiger partial charge < -0.3 is 15.2 Å². The van der Waals surface area contributed by atoms with Crippen molar-refractivity contribution in [1.82, 2.24) is 4.90 Å². The van der Waals surface area contributed by atoms with Crippen molar-refractivity contribution in [1.29, 1.82) is 0 Å². The number of nitrogens with zero attached hydrogens (tertiary/aromatic N) is 1. The third-order valence-electron chi connectivity index (χ3n) is 3.36. The molecule has 0 saturated carbocycles. The predicted molar refractivity (Wildman–Crippen MR) is 71.7 cm³/mol. The molecule has 1 heterocycles. The van der Waals surface area contributed by atoms with Gasteiger partial charge in [-0.05, 0) is 5.56 Å². The molecule has 0 aromatic heterocycles. The number of likely N-dealkylation sites (tertiary alicyclic amines) is 1. The van der Waals surface area contributed by atoms with Crippen molar-refractivity contribution < 1.29 is 19.1 Å². The van der Waals surface area contributed by atoms with Gasteiger partial charge in [-0.3, -0.25) is 9.69 Å². The van der Waals surface area contributed by atoms with E-state index in [0.717, 1.165) is 5.56 Å². The minimum absolute atomic E-state index is 0.166. The molecule has 2 N–H and O–H groups in total. The number of primary amides is 1. The summed E-state index contributed by atoms with van der Waals surface area (Å²) >= 11 is 0. The van der Waals surface area contributed by atoms with Crippen LogP contribution in [0.5, 0.6) is 0 Å². The van der Waals surface area contributed by atoms with Crippen LogP contribution in [0, 0.1) is 0 Å². The van der Waals surface area contributed by atoms with Crippen LogP contribution >= 0.6 is 0 Å². The zero-order valence-electron chi connectivity index (χ0n) is 11.3. The molecule has 6 heteroatoms. The van der Waals surface area contributed by atoms with Crippen molar-refractivity contribution in [2.24, 2.45) is 5.73 Å². The van der Waals surface area contributed by atoms with Crippen molar-refractivity contribution in [3.8, 4) is 0 Å². The van der Waals surface area contributed by atoms with Crippen LogP contribution in [-0.2, 0) is 20.9 Å². The largest absolute Gasteiger partial charge is 0.445 e. The number of hydrogen-bond donors (Lipinski definition) is 1. The van der Waals surface area contributed by atoms with E-state index in [1.807, 2.05) is 30.3 Å². The summed E-state index contributed by atoms with van der Waals surface area (Å²) in [5.41, 5.74) is 6.19. The topological polar surface area (TPSA) is 81.9 Å². The zero-order chi connectivity index (χ0) is 14.5. The number of ether oxygens (including phenoxy) is 2. The highest BCUT2D eigenvalue weighted by molar-refractivity contribution is 5.85. The standard InChI is InChI=1S/C14H18N2O4/c1-19-11-7-12(13(15)17)16(8-11)14(18)20-9-10-5-3-2-4-6-10/h2-6,11-12H,7-9H2,1H3,(H2,15,17). The first kappa shape index (κ1) is 14.3. The van der Waals surface area contributed by atoms with Crippen molar-refractivity contribution >= 4 is 12.0 Å². The lowest BCUT2D eigenvalue weighted by Gasteiger charge is -2.21. The summed E-state index contributed by atoms with van der Waals surface area (Å²) in [7, 11) is 1.54. The fraction of sp³-hybridized carbons (Fsp3) is 0.429.